The molecule has 57 heavy (non-hydrogen) atoms. The van der Waals surface area contributed by atoms with E-state index >= 15 is 0 Å². The van der Waals surface area contributed by atoms with E-state index in [1.807, 2.05) is 42.8 Å². The van der Waals surface area contributed by atoms with Gasteiger partial charge < -0.3 is 29.7 Å². The van der Waals surface area contributed by atoms with Crippen molar-refractivity contribution in [3.63, 3.8) is 0 Å². The molecular formula is C41H37F2N11O3. The zero-order valence-electron chi connectivity index (χ0n) is 31.8. The number of nitrogens with zero attached hydrogens (tertiary/aromatic N) is 9. The Hall–Kier alpha value is -7.49. The number of carbonyl (C=O) groups excluding carboxylic acids is 1. The number of benzene rings is 4. The van der Waals surface area contributed by atoms with Gasteiger partial charge in [-0.3, -0.25) is 0 Å². The molecule has 2 amide bonds. The maximum absolute atomic E-state index is 13.6. The SMILES string of the molecule is COc1ccccc1N(C(N)=O)c1nc(-c2ccc(F)cc2C)nc2c1ncn2C.COc1ccccc1Nc1nc(-c2ccc(F)cc2C)nc2c1ncn2C. The number of imidazole rings is 2. The van der Waals surface area contributed by atoms with Crippen molar-refractivity contribution >= 4 is 51.4 Å². The summed E-state index contributed by atoms with van der Waals surface area (Å²) >= 11 is 0. The van der Waals surface area contributed by atoms with Crippen LogP contribution in [0.15, 0.2) is 97.6 Å². The lowest BCUT2D eigenvalue weighted by Gasteiger charge is -2.22. The number of amides is 2. The van der Waals surface area contributed by atoms with Crippen molar-refractivity contribution in [2.24, 2.45) is 19.8 Å². The summed E-state index contributed by atoms with van der Waals surface area (Å²) in [6.07, 6.45) is 3.26. The molecule has 0 radical (unpaired) electrons. The highest BCUT2D eigenvalue weighted by atomic mass is 19.1. The monoisotopic (exact) mass is 769 g/mol. The van der Waals surface area contributed by atoms with Crippen molar-refractivity contribution in [2.75, 3.05) is 24.4 Å². The average Bonchev–Trinajstić information content (AvgIpc) is 3.77. The molecule has 0 bridgehead atoms. The van der Waals surface area contributed by atoms with Crippen molar-refractivity contribution in [1.82, 2.24) is 39.0 Å². The van der Waals surface area contributed by atoms with E-state index in [0.29, 0.717) is 68.1 Å². The first-order valence-corrected chi connectivity index (χ1v) is 17.5. The molecule has 0 aliphatic rings. The number of carbonyl (C=O) groups is 1. The van der Waals surface area contributed by atoms with Crippen LogP contribution in [0.4, 0.5) is 36.6 Å². The summed E-state index contributed by atoms with van der Waals surface area (Å²) in [6.45, 7) is 3.60. The number of ether oxygens (including phenoxy) is 2. The predicted octanol–water partition coefficient (Wildman–Crippen LogP) is 7.93. The van der Waals surface area contributed by atoms with Gasteiger partial charge in [0.05, 0.1) is 38.2 Å². The van der Waals surface area contributed by atoms with Gasteiger partial charge in [0, 0.05) is 25.2 Å². The highest BCUT2D eigenvalue weighted by Gasteiger charge is 2.26. The summed E-state index contributed by atoms with van der Waals surface area (Å²) in [5.41, 5.74) is 12.0. The third kappa shape index (κ3) is 7.47. The van der Waals surface area contributed by atoms with Gasteiger partial charge in [0.15, 0.2) is 45.6 Å². The summed E-state index contributed by atoms with van der Waals surface area (Å²) in [7, 11) is 6.77. The van der Waals surface area contributed by atoms with E-state index in [2.05, 4.69) is 35.2 Å². The molecule has 0 saturated heterocycles. The van der Waals surface area contributed by atoms with E-state index in [9.17, 15) is 13.6 Å². The molecule has 3 N–H and O–H groups in total. The number of urea groups is 1. The van der Waals surface area contributed by atoms with Crippen LogP contribution in [0, 0.1) is 25.5 Å². The van der Waals surface area contributed by atoms with Gasteiger partial charge in [-0.15, -0.1) is 0 Å². The fourth-order valence-corrected chi connectivity index (χ4v) is 6.27. The van der Waals surface area contributed by atoms with Crippen LogP contribution in [0.3, 0.4) is 0 Å². The maximum atomic E-state index is 13.6. The molecule has 4 heterocycles. The van der Waals surface area contributed by atoms with Crippen LogP contribution in [0.2, 0.25) is 0 Å². The number of nitrogens with two attached hydrogens (primary N) is 1. The number of rotatable bonds is 8. The number of halogens is 2. The third-order valence-corrected chi connectivity index (χ3v) is 9.08. The summed E-state index contributed by atoms with van der Waals surface area (Å²) in [5.74, 6) is 2.08. The molecule has 14 nitrogen and oxygen atoms in total. The maximum Gasteiger partial charge on any atom is 0.325 e. The Bertz CT molecular complexity index is 2790. The van der Waals surface area contributed by atoms with Gasteiger partial charge in [-0.2, -0.15) is 0 Å². The standard InChI is InChI=1S/C21H19FN6O2.C20H18FN5O/c1-12-10-13(22)8-9-14(12)18-25-19-17(24-11-27(19)2)20(26-18)28(21(23)29)15-6-4-5-7-16(15)30-3;1-12-10-13(21)8-9-14(12)18-24-19(17-20(25-18)26(2)11-22-17)23-15-6-4-5-7-16(15)27-3/h4-11H,1-3H3,(H2,23,29);4-11H,1-3H3,(H,23,24,25). The highest BCUT2D eigenvalue weighted by Crippen LogP contribution is 2.37. The van der Waals surface area contributed by atoms with E-state index in [0.717, 1.165) is 16.8 Å². The first-order chi connectivity index (χ1) is 27.5. The number of para-hydroxylation sites is 4. The molecule has 4 aromatic heterocycles. The molecule has 8 rings (SSSR count). The van der Waals surface area contributed by atoms with E-state index in [4.69, 9.17) is 15.2 Å². The zero-order valence-corrected chi connectivity index (χ0v) is 31.8. The molecule has 0 fully saturated rings. The first kappa shape index (κ1) is 37.8. The second kappa shape index (κ2) is 15.7. The van der Waals surface area contributed by atoms with Gasteiger partial charge in [-0.1, -0.05) is 24.3 Å². The number of aromatic nitrogens is 8. The predicted molar refractivity (Wildman–Crippen MR) is 214 cm³/mol. The van der Waals surface area contributed by atoms with E-state index < -0.39 is 6.03 Å². The van der Waals surface area contributed by atoms with E-state index in [1.165, 1.54) is 36.3 Å². The lowest BCUT2D eigenvalue weighted by molar-refractivity contribution is 0.255. The smallest absolute Gasteiger partial charge is 0.325 e. The Morgan fingerprint density at radius 2 is 1.23 bits per heavy atom. The van der Waals surface area contributed by atoms with Gasteiger partial charge in [0.25, 0.3) is 0 Å². The van der Waals surface area contributed by atoms with Gasteiger partial charge in [0.2, 0.25) is 0 Å². The molecular weight excluding hydrogens is 733 g/mol. The summed E-state index contributed by atoms with van der Waals surface area (Å²) in [5, 5.41) is 3.29. The van der Waals surface area contributed by atoms with Crippen molar-refractivity contribution in [3.05, 3.63) is 120 Å². The molecule has 288 valence electrons. The fourth-order valence-electron chi connectivity index (χ4n) is 6.27. The van der Waals surface area contributed by atoms with E-state index in [1.54, 1.807) is 74.7 Å². The van der Waals surface area contributed by atoms with Crippen LogP contribution in [-0.2, 0) is 14.1 Å². The van der Waals surface area contributed by atoms with E-state index in [-0.39, 0.29) is 17.5 Å². The average molecular weight is 770 g/mol. The lowest BCUT2D eigenvalue weighted by atomic mass is 10.1. The summed E-state index contributed by atoms with van der Waals surface area (Å²) < 4.78 is 41.5. The van der Waals surface area contributed by atoms with Crippen LogP contribution in [0.5, 0.6) is 11.5 Å². The summed E-state index contributed by atoms with van der Waals surface area (Å²) in [6, 6.07) is 22.7. The number of methoxy groups -OCH3 is 2. The number of fused-ring (bicyclic) bond motifs is 2. The Labute approximate surface area is 325 Å². The molecule has 0 aliphatic carbocycles. The molecule has 8 aromatic rings. The minimum absolute atomic E-state index is 0.205. The molecule has 0 atom stereocenters. The number of hydrogen-bond donors (Lipinski definition) is 2. The molecule has 4 aromatic carbocycles. The van der Waals surface area contributed by atoms with Crippen LogP contribution in [-0.4, -0.2) is 59.3 Å². The van der Waals surface area contributed by atoms with Crippen molar-refractivity contribution in [2.45, 2.75) is 13.8 Å². The number of hydrogen-bond acceptors (Lipinski definition) is 10. The number of primary amides is 1. The zero-order chi connectivity index (χ0) is 40.4. The second-order valence-electron chi connectivity index (χ2n) is 12.9. The van der Waals surface area contributed by atoms with Gasteiger partial charge in [-0.05, 0) is 85.6 Å². The minimum Gasteiger partial charge on any atom is -0.495 e. The topological polar surface area (TPSA) is 164 Å². The van der Waals surface area contributed by atoms with Crippen molar-refractivity contribution in [3.8, 4) is 34.3 Å². The highest BCUT2D eigenvalue weighted by molar-refractivity contribution is 6.05. The Morgan fingerprint density at radius 1 is 0.702 bits per heavy atom. The lowest BCUT2D eigenvalue weighted by Crippen LogP contribution is -2.32. The second-order valence-corrected chi connectivity index (χ2v) is 12.9. The van der Waals surface area contributed by atoms with Gasteiger partial charge in [-0.25, -0.2) is 48.4 Å². The van der Waals surface area contributed by atoms with Gasteiger partial charge in [0.1, 0.15) is 23.1 Å². The quantitative estimate of drug-likeness (QED) is 0.155. The number of nitrogens with one attached hydrogen (secondary N) is 1. The molecule has 0 aliphatic heterocycles. The normalized spacial score (nSPS) is 10.9. The number of anilines is 4. The van der Waals surface area contributed by atoms with Gasteiger partial charge >= 0.3 is 6.03 Å². The molecule has 16 heteroatoms. The minimum atomic E-state index is -0.757. The number of aryl methyl sites for hydroxylation is 4. The Kier molecular flexibility index (Phi) is 10.4. The van der Waals surface area contributed by atoms with Crippen LogP contribution in [0.25, 0.3) is 45.1 Å². The summed E-state index contributed by atoms with van der Waals surface area (Å²) in [4.78, 5) is 41.0. The van der Waals surface area contributed by atoms with Crippen LogP contribution < -0.4 is 25.4 Å². The molecule has 0 spiro atoms. The van der Waals surface area contributed by atoms with Crippen molar-refractivity contribution < 1.29 is 23.0 Å². The Balaban J connectivity index is 0.000000175. The Morgan fingerprint density at radius 3 is 1.81 bits per heavy atom. The molecule has 0 unspecified atom stereocenters. The van der Waals surface area contributed by atoms with Crippen LogP contribution in [0.1, 0.15) is 11.1 Å². The van der Waals surface area contributed by atoms with Crippen molar-refractivity contribution in [1.29, 1.82) is 0 Å². The van der Waals surface area contributed by atoms with Crippen LogP contribution >= 0.6 is 0 Å². The third-order valence-electron chi connectivity index (χ3n) is 9.08. The largest absolute Gasteiger partial charge is 0.495 e. The fraction of sp³-hybridized carbons (Fsp3) is 0.146. The molecule has 0 saturated carbocycles. The first-order valence-electron chi connectivity index (χ1n) is 17.5.